The van der Waals surface area contributed by atoms with E-state index in [-0.39, 0.29) is 5.82 Å². The van der Waals surface area contributed by atoms with E-state index in [2.05, 4.69) is 12.2 Å². The van der Waals surface area contributed by atoms with Crippen LogP contribution in [0.25, 0.3) is 0 Å². The lowest BCUT2D eigenvalue weighted by atomic mass is 10.0. The van der Waals surface area contributed by atoms with E-state index < -0.39 is 0 Å². The van der Waals surface area contributed by atoms with E-state index in [0.717, 1.165) is 39.0 Å². The molecule has 1 aromatic rings. The molecule has 0 aliphatic heterocycles. The fourth-order valence-corrected chi connectivity index (χ4v) is 1.90. The smallest absolute Gasteiger partial charge is 0.123 e. The first-order valence-electron chi connectivity index (χ1n) is 6.81. The van der Waals surface area contributed by atoms with Crippen molar-refractivity contribution in [1.82, 2.24) is 5.32 Å². The van der Waals surface area contributed by atoms with Crippen LogP contribution in [0, 0.1) is 5.82 Å². The van der Waals surface area contributed by atoms with Crippen molar-refractivity contribution in [2.24, 2.45) is 0 Å². The van der Waals surface area contributed by atoms with Crippen molar-refractivity contribution in [2.45, 2.75) is 39.2 Å². The van der Waals surface area contributed by atoms with Crippen LogP contribution < -0.4 is 5.32 Å². The molecule has 1 aromatic carbocycles. The van der Waals surface area contributed by atoms with Crippen LogP contribution in [0.4, 0.5) is 4.39 Å². The van der Waals surface area contributed by atoms with Crippen LogP contribution in [-0.4, -0.2) is 25.8 Å². The molecule has 0 saturated heterocycles. The second-order valence-corrected chi connectivity index (χ2v) is 4.47. The van der Waals surface area contributed by atoms with E-state index in [1.54, 1.807) is 0 Å². The Morgan fingerprint density at radius 2 is 1.94 bits per heavy atom. The fraction of sp³-hybridized carbons (Fsp3) is 0.600. The first-order valence-corrected chi connectivity index (χ1v) is 6.81. The van der Waals surface area contributed by atoms with Crippen LogP contribution in [0.5, 0.6) is 0 Å². The normalized spacial score (nSPS) is 12.6. The first-order chi connectivity index (χ1) is 8.76. The van der Waals surface area contributed by atoms with Crippen molar-refractivity contribution in [3.05, 3.63) is 35.6 Å². The van der Waals surface area contributed by atoms with Gasteiger partial charge in [-0.25, -0.2) is 4.39 Å². The Bertz CT molecular complexity index is 313. The molecule has 2 nitrogen and oxygen atoms in total. The van der Waals surface area contributed by atoms with Crippen molar-refractivity contribution in [2.75, 3.05) is 19.8 Å². The minimum absolute atomic E-state index is 0.175. The molecule has 1 rings (SSSR count). The number of nitrogens with one attached hydrogen (secondary N) is 1. The number of ether oxygens (including phenoxy) is 1. The van der Waals surface area contributed by atoms with Crippen molar-refractivity contribution in [3.8, 4) is 0 Å². The van der Waals surface area contributed by atoms with E-state index >= 15 is 0 Å². The quantitative estimate of drug-likeness (QED) is 0.683. The van der Waals surface area contributed by atoms with Crippen molar-refractivity contribution < 1.29 is 9.13 Å². The Morgan fingerprint density at radius 1 is 1.22 bits per heavy atom. The van der Waals surface area contributed by atoms with Crippen molar-refractivity contribution >= 4 is 0 Å². The summed E-state index contributed by atoms with van der Waals surface area (Å²) in [5.74, 6) is -0.175. The summed E-state index contributed by atoms with van der Waals surface area (Å²) in [5, 5.41) is 3.52. The van der Waals surface area contributed by atoms with Gasteiger partial charge in [-0.3, -0.25) is 0 Å². The molecule has 0 fully saturated rings. The van der Waals surface area contributed by atoms with E-state index in [4.69, 9.17) is 4.74 Å². The fourth-order valence-electron chi connectivity index (χ4n) is 1.90. The monoisotopic (exact) mass is 253 g/mol. The van der Waals surface area contributed by atoms with Crippen molar-refractivity contribution in [3.63, 3.8) is 0 Å². The molecular formula is C15H24FNO. The number of hydrogen-bond acceptors (Lipinski definition) is 2. The molecule has 102 valence electrons. The molecule has 18 heavy (non-hydrogen) atoms. The van der Waals surface area contributed by atoms with E-state index in [9.17, 15) is 4.39 Å². The van der Waals surface area contributed by atoms with Gasteiger partial charge in [-0.2, -0.15) is 0 Å². The van der Waals surface area contributed by atoms with Gasteiger partial charge in [0, 0.05) is 19.3 Å². The van der Waals surface area contributed by atoms with Gasteiger partial charge in [-0.15, -0.1) is 0 Å². The summed E-state index contributed by atoms with van der Waals surface area (Å²) in [6.45, 7) is 6.72. The summed E-state index contributed by atoms with van der Waals surface area (Å²) >= 11 is 0. The minimum Gasteiger partial charge on any atom is -0.382 e. The molecule has 1 unspecified atom stereocenters. The zero-order valence-electron chi connectivity index (χ0n) is 11.4. The maximum Gasteiger partial charge on any atom is 0.123 e. The number of rotatable bonds is 9. The molecule has 3 heteroatoms. The predicted molar refractivity (Wildman–Crippen MR) is 73.3 cm³/mol. The van der Waals surface area contributed by atoms with Gasteiger partial charge in [-0.1, -0.05) is 19.1 Å². The Morgan fingerprint density at radius 3 is 2.56 bits per heavy atom. The SMILES string of the molecule is CCCNC(CCOCC)Cc1ccc(F)cc1. The van der Waals surface area contributed by atoms with Crippen molar-refractivity contribution in [1.29, 1.82) is 0 Å². The average molecular weight is 253 g/mol. The standard InChI is InChI=1S/C15H24FNO/c1-3-10-17-15(9-11-18-4-2)12-13-5-7-14(16)8-6-13/h5-8,15,17H,3-4,9-12H2,1-2H3. The Balaban J connectivity index is 2.45. The van der Waals surface area contributed by atoms with E-state index in [1.807, 2.05) is 19.1 Å². The van der Waals surface area contributed by atoms with Gasteiger partial charge >= 0.3 is 0 Å². The molecule has 0 spiro atoms. The van der Waals surface area contributed by atoms with Gasteiger partial charge in [0.15, 0.2) is 0 Å². The summed E-state index contributed by atoms with van der Waals surface area (Å²) in [4.78, 5) is 0. The molecule has 0 saturated carbocycles. The molecular weight excluding hydrogens is 229 g/mol. The number of hydrogen-bond donors (Lipinski definition) is 1. The van der Waals surface area contributed by atoms with Gasteiger partial charge in [0.25, 0.3) is 0 Å². The van der Waals surface area contributed by atoms with Gasteiger partial charge in [0.05, 0.1) is 0 Å². The zero-order chi connectivity index (χ0) is 13.2. The number of halogens is 1. The highest BCUT2D eigenvalue weighted by molar-refractivity contribution is 5.17. The second kappa shape index (κ2) is 9.06. The van der Waals surface area contributed by atoms with Crippen LogP contribution in [0.3, 0.4) is 0 Å². The van der Waals surface area contributed by atoms with Gasteiger partial charge in [0.2, 0.25) is 0 Å². The molecule has 0 radical (unpaired) electrons. The van der Waals surface area contributed by atoms with Crippen LogP contribution in [0.2, 0.25) is 0 Å². The Hall–Kier alpha value is -0.930. The third-order valence-electron chi connectivity index (χ3n) is 2.89. The van der Waals surface area contributed by atoms with Gasteiger partial charge in [0.1, 0.15) is 5.82 Å². The highest BCUT2D eigenvalue weighted by Crippen LogP contribution is 2.08. The van der Waals surface area contributed by atoms with Crippen LogP contribution >= 0.6 is 0 Å². The molecule has 1 N–H and O–H groups in total. The summed E-state index contributed by atoms with van der Waals surface area (Å²) in [6, 6.07) is 7.17. The lowest BCUT2D eigenvalue weighted by Crippen LogP contribution is -2.33. The molecule has 0 aromatic heterocycles. The van der Waals surface area contributed by atoms with Crippen LogP contribution in [0.1, 0.15) is 32.3 Å². The summed E-state index contributed by atoms with van der Waals surface area (Å²) in [5.41, 5.74) is 1.17. The minimum atomic E-state index is -0.175. The lowest BCUT2D eigenvalue weighted by molar-refractivity contribution is 0.136. The molecule has 0 aliphatic rings. The molecule has 0 bridgehead atoms. The second-order valence-electron chi connectivity index (χ2n) is 4.47. The summed E-state index contributed by atoms with van der Waals surface area (Å²) in [6.07, 6.45) is 3.03. The third kappa shape index (κ3) is 6.12. The van der Waals surface area contributed by atoms with Gasteiger partial charge < -0.3 is 10.1 Å². The number of benzene rings is 1. The molecule has 0 heterocycles. The molecule has 0 amide bonds. The average Bonchev–Trinajstić information content (AvgIpc) is 2.38. The summed E-state index contributed by atoms with van der Waals surface area (Å²) in [7, 11) is 0. The predicted octanol–water partition coefficient (Wildman–Crippen LogP) is 3.16. The first kappa shape index (κ1) is 15.1. The largest absolute Gasteiger partial charge is 0.382 e. The third-order valence-corrected chi connectivity index (χ3v) is 2.89. The Kier molecular flexibility index (Phi) is 7.62. The Labute approximate surface area is 110 Å². The maximum atomic E-state index is 12.8. The topological polar surface area (TPSA) is 21.3 Å². The van der Waals surface area contributed by atoms with E-state index in [1.165, 1.54) is 17.7 Å². The highest BCUT2D eigenvalue weighted by atomic mass is 19.1. The van der Waals surface area contributed by atoms with Crippen LogP contribution in [-0.2, 0) is 11.2 Å². The molecule has 1 atom stereocenters. The van der Waals surface area contributed by atoms with Gasteiger partial charge in [-0.05, 0) is 50.4 Å². The maximum absolute atomic E-state index is 12.8. The van der Waals surface area contributed by atoms with E-state index in [0.29, 0.717) is 6.04 Å². The molecule has 0 aliphatic carbocycles. The summed E-state index contributed by atoms with van der Waals surface area (Å²) < 4.78 is 18.2. The van der Waals surface area contributed by atoms with Crippen LogP contribution in [0.15, 0.2) is 24.3 Å². The lowest BCUT2D eigenvalue weighted by Gasteiger charge is -2.18. The highest BCUT2D eigenvalue weighted by Gasteiger charge is 2.08. The zero-order valence-corrected chi connectivity index (χ0v) is 11.4.